The number of hydrogen-bond donors (Lipinski definition) is 1. The zero-order chi connectivity index (χ0) is 20.2. The first-order valence-electron chi connectivity index (χ1n) is 9.91. The SMILES string of the molecule is CC(C)Oc1ccccc1C=C(C(=O)N1CCOCC1)c1nc2ccccc2[nH]1. The first-order valence-corrected chi connectivity index (χ1v) is 9.91. The Kier molecular flexibility index (Phi) is 5.62. The maximum absolute atomic E-state index is 13.4. The smallest absolute Gasteiger partial charge is 0.257 e. The van der Waals surface area contributed by atoms with Gasteiger partial charge in [-0.1, -0.05) is 30.3 Å². The summed E-state index contributed by atoms with van der Waals surface area (Å²) in [6.45, 7) is 6.21. The monoisotopic (exact) mass is 391 g/mol. The molecule has 0 bridgehead atoms. The van der Waals surface area contributed by atoms with Gasteiger partial charge in [-0.2, -0.15) is 0 Å². The lowest BCUT2D eigenvalue weighted by molar-refractivity contribution is -0.128. The third-order valence-electron chi connectivity index (χ3n) is 4.75. The first-order chi connectivity index (χ1) is 14.1. The van der Waals surface area contributed by atoms with Crippen LogP contribution in [0.25, 0.3) is 22.7 Å². The summed E-state index contributed by atoms with van der Waals surface area (Å²) in [6.07, 6.45) is 1.90. The molecule has 1 amide bonds. The summed E-state index contributed by atoms with van der Waals surface area (Å²) in [6, 6.07) is 15.5. The Balaban J connectivity index is 1.80. The maximum atomic E-state index is 13.4. The predicted octanol–water partition coefficient (Wildman–Crippen LogP) is 3.75. The van der Waals surface area contributed by atoms with Crippen molar-refractivity contribution in [2.45, 2.75) is 20.0 Å². The van der Waals surface area contributed by atoms with Crippen LogP contribution in [0.3, 0.4) is 0 Å². The Bertz CT molecular complexity index is 1000. The Morgan fingerprint density at radius 3 is 2.62 bits per heavy atom. The number of ether oxygens (including phenoxy) is 2. The average molecular weight is 391 g/mol. The van der Waals surface area contributed by atoms with Gasteiger partial charge in [0.1, 0.15) is 11.6 Å². The molecule has 0 radical (unpaired) electrons. The number of morpholine rings is 1. The van der Waals surface area contributed by atoms with E-state index in [9.17, 15) is 4.79 Å². The Morgan fingerprint density at radius 2 is 1.86 bits per heavy atom. The summed E-state index contributed by atoms with van der Waals surface area (Å²) in [5.41, 5.74) is 3.09. The molecule has 3 aromatic rings. The second kappa shape index (κ2) is 8.49. The molecule has 1 fully saturated rings. The van der Waals surface area contributed by atoms with Crippen LogP contribution in [0.4, 0.5) is 0 Å². The largest absolute Gasteiger partial charge is 0.490 e. The molecule has 0 unspecified atom stereocenters. The van der Waals surface area contributed by atoms with Crippen LogP contribution in [0.5, 0.6) is 5.75 Å². The van der Waals surface area contributed by atoms with E-state index in [4.69, 9.17) is 9.47 Å². The van der Waals surface area contributed by atoms with Gasteiger partial charge in [0, 0.05) is 18.7 Å². The van der Waals surface area contributed by atoms with Crippen molar-refractivity contribution in [3.8, 4) is 5.75 Å². The number of carbonyl (C=O) groups excluding carboxylic acids is 1. The lowest BCUT2D eigenvalue weighted by atomic mass is 10.1. The van der Waals surface area contributed by atoms with E-state index < -0.39 is 0 Å². The number of nitrogens with one attached hydrogen (secondary N) is 1. The molecule has 2 aromatic carbocycles. The number of aromatic nitrogens is 2. The van der Waals surface area contributed by atoms with Gasteiger partial charge in [-0.05, 0) is 38.1 Å². The number of aromatic amines is 1. The second-order valence-corrected chi connectivity index (χ2v) is 7.27. The van der Waals surface area contributed by atoms with Crippen molar-refractivity contribution < 1.29 is 14.3 Å². The highest BCUT2D eigenvalue weighted by Crippen LogP contribution is 2.27. The number of rotatable bonds is 5. The molecule has 1 aromatic heterocycles. The van der Waals surface area contributed by atoms with Gasteiger partial charge in [-0.3, -0.25) is 4.79 Å². The summed E-state index contributed by atoms with van der Waals surface area (Å²) in [5.74, 6) is 1.24. The molecule has 1 saturated heterocycles. The summed E-state index contributed by atoms with van der Waals surface area (Å²) in [4.78, 5) is 23.2. The molecule has 4 rings (SSSR count). The number of para-hydroxylation sites is 3. The quantitative estimate of drug-likeness (QED) is 0.673. The number of amides is 1. The molecule has 6 heteroatoms. The molecule has 6 nitrogen and oxygen atoms in total. The van der Waals surface area contributed by atoms with Gasteiger partial charge in [0.15, 0.2) is 0 Å². The fourth-order valence-corrected chi connectivity index (χ4v) is 3.37. The summed E-state index contributed by atoms with van der Waals surface area (Å²) >= 11 is 0. The van der Waals surface area contributed by atoms with E-state index in [0.717, 1.165) is 22.3 Å². The molecule has 1 aliphatic rings. The van der Waals surface area contributed by atoms with Gasteiger partial charge in [0.25, 0.3) is 5.91 Å². The van der Waals surface area contributed by atoms with E-state index in [2.05, 4.69) is 9.97 Å². The molecular weight excluding hydrogens is 366 g/mol. The lowest BCUT2D eigenvalue weighted by Gasteiger charge is -2.27. The standard InChI is InChI=1S/C23H25N3O3/c1-16(2)29-21-10-6-3-7-17(21)15-18(23(27)26-11-13-28-14-12-26)22-24-19-8-4-5-9-20(19)25-22/h3-10,15-16H,11-14H2,1-2H3,(H,24,25). The number of imidazole rings is 1. The van der Waals surface area contributed by atoms with Crippen LogP contribution >= 0.6 is 0 Å². The van der Waals surface area contributed by atoms with Gasteiger partial charge in [0.05, 0.1) is 35.9 Å². The summed E-state index contributed by atoms with van der Waals surface area (Å²) < 4.78 is 11.4. The zero-order valence-electron chi connectivity index (χ0n) is 16.7. The molecular formula is C23H25N3O3. The van der Waals surface area contributed by atoms with Crippen molar-refractivity contribution >= 4 is 28.6 Å². The van der Waals surface area contributed by atoms with Crippen molar-refractivity contribution in [3.63, 3.8) is 0 Å². The minimum absolute atomic E-state index is 0.0362. The van der Waals surface area contributed by atoms with E-state index in [1.165, 1.54) is 0 Å². The molecule has 1 aliphatic heterocycles. The molecule has 2 heterocycles. The van der Waals surface area contributed by atoms with Gasteiger partial charge in [-0.25, -0.2) is 4.98 Å². The zero-order valence-corrected chi connectivity index (χ0v) is 16.7. The highest BCUT2D eigenvalue weighted by atomic mass is 16.5. The molecule has 0 aliphatic carbocycles. The number of hydrogen-bond acceptors (Lipinski definition) is 4. The third-order valence-corrected chi connectivity index (χ3v) is 4.75. The summed E-state index contributed by atoms with van der Waals surface area (Å²) in [5, 5.41) is 0. The first kappa shape index (κ1) is 19.2. The Morgan fingerprint density at radius 1 is 1.14 bits per heavy atom. The minimum atomic E-state index is -0.0632. The number of benzene rings is 2. The molecule has 150 valence electrons. The number of fused-ring (bicyclic) bond motifs is 1. The van der Waals surface area contributed by atoms with Gasteiger partial charge >= 0.3 is 0 Å². The van der Waals surface area contributed by atoms with Crippen LogP contribution in [0.15, 0.2) is 48.5 Å². The molecule has 0 atom stereocenters. The van der Waals surface area contributed by atoms with Crippen LogP contribution in [0.1, 0.15) is 25.2 Å². The molecule has 0 saturated carbocycles. The van der Waals surface area contributed by atoms with Crippen LogP contribution in [-0.4, -0.2) is 53.2 Å². The number of H-pyrrole nitrogens is 1. The Labute approximate surface area is 170 Å². The van der Waals surface area contributed by atoms with Crippen molar-refractivity contribution in [3.05, 3.63) is 59.9 Å². The highest BCUT2D eigenvalue weighted by molar-refractivity contribution is 6.23. The number of carbonyl (C=O) groups is 1. The molecule has 1 N–H and O–H groups in total. The van der Waals surface area contributed by atoms with Gasteiger partial charge in [0.2, 0.25) is 0 Å². The predicted molar refractivity (Wildman–Crippen MR) is 114 cm³/mol. The van der Waals surface area contributed by atoms with E-state index in [1.807, 2.05) is 73.4 Å². The Hall–Kier alpha value is -3.12. The molecule has 29 heavy (non-hydrogen) atoms. The number of nitrogens with zero attached hydrogens (tertiary/aromatic N) is 2. The van der Waals surface area contributed by atoms with E-state index in [-0.39, 0.29) is 12.0 Å². The third kappa shape index (κ3) is 4.32. The fourth-order valence-electron chi connectivity index (χ4n) is 3.37. The van der Waals surface area contributed by atoms with E-state index in [0.29, 0.717) is 37.7 Å². The van der Waals surface area contributed by atoms with E-state index in [1.54, 1.807) is 0 Å². The van der Waals surface area contributed by atoms with Crippen molar-refractivity contribution in [1.29, 1.82) is 0 Å². The lowest BCUT2D eigenvalue weighted by Crippen LogP contribution is -2.41. The van der Waals surface area contributed by atoms with Crippen molar-refractivity contribution in [1.82, 2.24) is 14.9 Å². The molecule has 0 spiro atoms. The average Bonchev–Trinajstić information content (AvgIpc) is 3.17. The highest BCUT2D eigenvalue weighted by Gasteiger charge is 2.24. The maximum Gasteiger partial charge on any atom is 0.257 e. The van der Waals surface area contributed by atoms with Gasteiger partial charge in [-0.15, -0.1) is 0 Å². The van der Waals surface area contributed by atoms with E-state index >= 15 is 0 Å². The van der Waals surface area contributed by atoms with Crippen molar-refractivity contribution in [2.24, 2.45) is 0 Å². The van der Waals surface area contributed by atoms with Crippen LogP contribution in [0.2, 0.25) is 0 Å². The van der Waals surface area contributed by atoms with Crippen LogP contribution in [-0.2, 0) is 9.53 Å². The van der Waals surface area contributed by atoms with Crippen LogP contribution in [0, 0.1) is 0 Å². The minimum Gasteiger partial charge on any atom is -0.490 e. The second-order valence-electron chi connectivity index (χ2n) is 7.27. The topological polar surface area (TPSA) is 67.4 Å². The van der Waals surface area contributed by atoms with Crippen molar-refractivity contribution in [2.75, 3.05) is 26.3 Å². The summed E-state index contributed by atoms with van der Waals surface area (Å²) in [7, 11) is 0. The van der Waals surface area contributed by atoms with Gasteiger partial charge < -0.3 is 19.4 Å². The van der Waals surface area contributed by atoms with Crippen LogP contribution < -0.4 is 4.74 Å². The fraction of sp³-hybridized carbons (Fsp3) is 0.304. The normalized spacial score (nSPS) is 15.1.